The molecule has 6 heteroatoms. The Balaban J connectivity index is 1.93. The molecule has 0 aliphatic rings. The number of methoxy groups -OCH3 is 1. The van der Waals surface area contributed by atoms with Gasteiger partial charge in [0.1, 0.15) is 17.2 Å². The second kappa shape index (κ2) is 8.02. The van der Waals surface area contributed by atoms with E-state index in [1.807, 2.05) is 12.1 Å². The average Bonchev–Trinajstić information content (AvgIpc) is 3.19. The Hall–Kier alpha value is -3.54. The van der Waals surface area contributed by atoms with Gasteiger partial charge in [-0.25, -0.2) is 0 Å². The van der Waals surface area contributed by atoms with Gasteiger partial charge in [0.25, 0.3) is 11.5 Å². The van der Waals surface area contributed by atoms with Crippen LogP contribution in [-0.2, 0) is 11.3 Å². The third kappa shape index (κ3) is 4.10. The van der Waals surface area contributed by atoms with E-state index in [-0.39, 0.29) is 23.7 Å². The third-order valence-electron chi connectivity index (χ3n) is 3.74. The Labute approximate surface area is 150 Å². The van der Waals surface area contributed by atoms with Crippen molar-refractivity contribution >= 4 is 17.7 Å². The van der Waals surface area contributed by atoms with E-state index in [0.29, 0.717) is 11.5 Å². The number of nitrogens with zero attached hydrogens (tertiary/aromatic N) is 1. The van der Waals surface area contributed by atoms with Gasteiger partial charge in [-0.3, -0.25) is 14.2 Å². The summed E-state index contributed by atoms with van der Waals surface area (Å²) in [6.07, 6.45) is 4.75. The standard InChI is InChI=1S/C20H18N2O4/c1-25-16-9-7-15(8-10-16)13-18(22-11-3-2-6-19(22)23)20(24)21-14-17-5-4-12-26-17/h2-13H,14H2,1H3,(H,21,24)/b18-13+. The van der Waals surface area contributed by atoms with Crippen molar-refractivity contribution in [1.29, 1.82) is 0 Å². The number of ether oxygens (including phenoxy) is 1. The summed E-state index contributed by atoms with van der Waals surface area (Å²) in [5, 5.41) is 2.77. The molecule has 0 radical (unpaired) electrons. The number of rotatable bonds is 6. The van der Waals surface area contributed by atoms with E-state index in [1.54, 1.807) is 55.8 Å². The van der Waals surface area contributed by atoms with E-state index in [9.17, 15) is 9.59 Å². The molecule has 0 aliphatic heterocycles. The zero-order chi connectivity index (χ0) is 18.4. The number of benzene rings is 1. The van der Waals surface area contributed by atoms with E-state index < -0.39 is 0 Å². The number of nitrogens with one attached hydrogen (secondary N) is 1. The lowest BCUT2D eigenvalue weighted by molar-refractivity contribution is -0.116. The lowest BCUT2D eigenvalue weighted by Gasteiger charge is -2.11. The van der Waals surface area contributed by atoms with Crippen LogP contribution in [0.15, 0.2) is 76.3 Å². The summed E-state index contributed by atoms with van der Waals surface area (Å²) in [5.74, 6) is 0.955. The number of hydrogen-bond acceptors (Lipinski definition) is 4. The van der Waals surface area contributed by atoms with Crippen LogP contribution in [-0.4, -0.2) is 17.6 Å². The van der Waals surface area contributed by atoms with E-state index >= 15 is 0 Å². The second-order valence-electron chi connectivity index (χ2n) is 5.47. The molecular formula is C20H18N2O4. The monoisotopic (exact) mass is 350 g/mol. The molecule has 1 amide bonds. The van der Waals surface area contributed by atoms with Crippen LogP contribution in [0.25, 0.3) is 11.8 Å². The van der Waals surface area contributed by atoms with Gasteiger partial charge in [0.15, 0.2) is 0 Å². The topological polar surface area (TPSA) is 73.5 Å². The van der Waals surface area contributed by atoms with Gasteiger partial charge in [-0.1, -0.05) is 18.2 Å². The average molecular weight is 350 g/mol. The number of pyridine rings is 1. The van der Waals surface area contributed by atoms with Gasteiger partial charge in [0.05, 0.1) is 19.9 Å². The van der Waals surface area contributed by atoms with Gasteiger partial charge in [-0.05, 0) is 42.0 Å². The molecule has 0 bridgehead atoms. The normalized spacial score (nSPS) is 11.2. The maximum Gasteiger partial charge on any atom is 0.268 e. The highest BCUT2D eigenvalue weighted by atomic mass is 16.5. The summed E-state index contributed by atoms with van der Waals surface area (Å²) in [4.78, 5) is 24.9. The van der Waals surface area contributed by atoms with Crippen LogP contribution < -0.4 is 15.6 Å². The minimum atomic E-state index is -0.384. The number of carbonyl (C=O) groups is 1. The van der Waals surface area contributed by atoms with E-state index in [2.05, 4.69) is 5.32 Å². The lowest BCUT2D eigenvalue weighted by Crippen LogP contribution is -2.30. The van der Waals surface area contributed by atoms with Crippen molar-refractivity contribution in [3.8, 4) is 5.75 Å². The number of carbonyl (C=O) groups excluding carboxylic acids is 1. The fourth-order valence-corrected chi connectivity index (χ4v) is 2.40. The zero-order valence-electron chi connectivity index (χ0n) is 14.2. The summed E-state index contributed by atoms with van der Waals surface area (Å²) < 4.78 is 11.7. The first kappa shape index (κ1) is 17.3. The van der Waals surface area contributed by atoms with Crippen molar-refractivity contribution in [3.63, 3.8) is 0 Å². The number of amides is 1. The summed E-state index contributed by atoms with van der Waals surface area (Å²) in [7, 11) is 1.59. The molecule has 2 aromatic heterocycles. The van der Waals surface area contributed by atoms with Crippen LogP contribution in [0.4, 0.5) is 0 Å². The Morgan fingerprint density at radius 1 is 1.15 bits per heavy atom. The smallest absolute Gasteiger partial charge is 0.268 e. The molecule has 1 aromatic carbocycles. The zero-order valence-corrected chi connectivity index (χ0v) is 14.2. The Bertz CT molecular complexity index is 954. The second-order valence-corrected chi connectivity index (χ2v) is 5.47. The van der Waals surface area contributed by atoms with Gasteiger partial charge in [0, 0.05) is 12.3 Å². The predicted molar refractivity (Wildman–Crippen MR) is 98.4 cm³/mol. The summed E-state index contributed by atoms with van der Waals surface area (Å²) in [6, 6.07) is 15.4. The van der Waals surface area contributed by atoms with E-state index in [1.165, 1.54) is 16.9 Å². The Morgan fingerprint density at radius 3 is 2.62 bits per heavy atom. The van der Waals surface area contributed by atoms with Crippen LogP contribution in [0.1, 0.15) is 11.3 Å². The third-order valence-corrected chi connectivity index (χ3v) is 3.74. The fraction of sp³-hybridized carbons (Fsp3) is 0.100. The first-order valence-corrected chi connectivity index (χ1v) is 8.02. The van der Waals surface area contributed by atoms with E-state index in [4.69, 9.17) is 9.15 Å². The number of aromatic nitrogens is 1. The van der Waals surface area contributed by atoms with Gasteiger partial charge < -0.3 is 14.5 Å². The summed E-state index contributed by atoms with van der Waals surface area (Å²) in [6.45, 7) is 0.230. The maximum atomic E-state index is 12.7. The van der Waals surface area contributed by atoms with Gasteiger partial charge in [-0.2, -0.15) is 0 Å². The number of hydrogen-bond donors (Lipinski definition) is 1. The molecule has 0 spiro atoms. The molecule has 132 valence electrons. The van der Waals surface area contributed by atoms with Crippen LogP contribution in [0.2, 0.25) is 0 Å². The SMILES string of the molecule is COc1ccc(/C=C(\C(=O)NCc2ccco2)n2ccccc2=O)cc1. The van der Waals surface area contributed by atoms with Crippen molar-refractivity contribution in [2.24, 2.45) is 0 Å². The molecule has 6 nitrogen and oxygen atoms in total. The van der Waals surface area contributed by atoms with Gasteiger partial charge in [0.2, 0.25) is 0 Å². The quantitative estimate of drug-likeness (QED) is 0.694. The van der Waals surface area contributed by atoms with Crippen molar-refractivity contribution in [1.82, 2.24) is 9.88 Å². The van der Waals surface area contributed by atoms with Crippen molar-refractivity contribution in [2.75, 3.05) is 7.11 Å². The molecule has 0 saturated heterocycles. The highest BCUT2D eigenvalue weighted by Crippen LogP contribution is 2.16. The minimum absolute atomic E-state index is 0.215. The van der Waals surface area contributed by atoms with Crippen LogP contribution in [0.5, 0.6) is 5.75 Å². The molecule has 26 heavy (non-hydrogen) atoms. The largest absolute Gasteiger partial charge is 0.497 e. The van der Waals surface area contributed by atoms with Gasteiger partial charge >= 0.3 is 0 Å². The highest BCUT2D eigenvalue weighted by Gasteiger charge is 2.13. The minimum Gasteiger partial charge on any atom is -0.497 e. The van der Waals surface area contributed by atoms with Crippen LogP contribution in [0.3, 0.4) is 0 Å². The molecule has 0 atom stereocenters. The predicted octanol–water partition coefficient (Wildman–Crippen LogP) is 2.76. The van der Waals surface area contributed by atoms with Crippen molar-refractivity contribution in [2.45, 2.75) is 6.54 Å². The number of furan rings is 1. The van der Waals surface area contributed by atoms with Crippen LogP contribution >= 0.6 is 0 Å². The fourth-order valence-electron chi connectivity index (χ4n) is 2.40. The lowest BCUT2D eigenvalue weighted by atomic mass is 10.1. The van der Waals surface area contributed by atoms with Gasteiger partial charge in [-0.15, -0.1) is 0 Å². The Kier molecular flexibility index (Phi) is 5.34. The first-order chi connectivity index (χ1) is 12.7. The van der Waals surface area contributed by atoms with Crippen molar-refractivity contribution in [3.05, 3.63) is 88.7 Å². The maximum absolute atomic E-state index is 12.7. The molecule has 0 aliphatic carbocycles. The molecule has 0 fully saturated rings. The van der Waals surface area contributed by atoms with Crippen molar-refractivity contribution < 1.29 is 13.9 Å². The Morgan fingerprint density at radius 2 is 1.96 bits per heavy atom. The molecule has 0 unspecified atom stereocenters. The summed E-state index contributed by atoms with van der Waals surface area (Å²) >= 11 is 0. The first-order valence-electron chi connectivity index (χ1n) is 8.02. The molecule has 3 aromatic rings. The highest BCUT2D eigenvalue weighted by molar-refractivity contribution is 6.18. The summed E-state index contributed by atoms with van der Waals surface area (Å²) in [5.41, 5.74) is 0.692. The molecule has 0 saturated carbocycles. The van der Waals surface area contributed by atoms with E-state index in [0.717, 1.165) is 5.56 Å². The molecule has 1 N–H and O–H groups in total. The van der Waals surface area contributed by atoms with Crippen LogP contribution in [0, 0.1) is 0 Å². The molecule has 3 rings (SSSR count). The molecular weight excluding hydrogens is 332 g/mol. The molecule has 2 heterocycles.